The van der Waals surface area contributed by atoms with Gasteiger partial charge >= 0.3 is 0 Å². The van der Waals surface area contributed by atoms with Crippen molar-refractivity contribution < 1.29 is 0 Å². The minimum Gasteiger partial charge on any atom is -0.334 e. The van der Waals surface area contributed by atoms with E-state index in [4.69, 9.17) is 11.6 Å². The SMILES string of the molecule is CCn1cncc1CN[C@@H](C)c1ccc(Cl)cc1. The van der Waals surface area contributed by atoms with Crippen LogP contribution in [0.15, 0.2) is 36.8 Å². The monoisotopic (exact) mass is 263 g/mol. The van der Waals surface area contributed by atoms with Crippen molar-refractivity contribution in [1.29, 1.82) is 0 Å². The lowest BCUT2D eigenvalue weighted by atomic mass is 10.1. The van der Waals surface area contributed by atoms with E-state index < -0.39 is 0 Å². The van der Waals surface area contributed by atoms with Crippen LogP contribution < -0.4 is 5.32 Å². The molecule has 0 aliphatic carbocycles. The van der Waals surface area contributed by atoms with Crippen molar-refractivity contribution in [2.75, 3.05) is 0 Å². The number of hydrogen-bond acceptors (Lipinski definition) is 2. The number of halogens is 1. The van der Waals surface area contributed by atoms with Gasteiger partial charge in [0.1, 0.15) is 0 Å². The normalized spacial score (nSPS) is 12.6. The predicted octanol–water partition coefficient (Wildman–Crippen LogP) is 3.41. The van der Waals surface area contributed by atoms with E-state index in [1.807, 2.05) is 24.7 Å². The highest BCUT2D eigenvalue weighted by molar-refractivity contribution is 6.30. The molecular weight excluding hydrogens is 246 g/mol. The zero-order valence-corrected chi connectivity index (χ0v) is 11.5. The van der Waals surface area contributed by atoms with Gasteiger partial charge in [0.2, 0.25) is 0 Å². The van der Waals surface area contributed by atoms with Gasteiger partial charge in [0.15, 0.2) is 0 Å². The Hall–Kier alpha value is -1.32. The molecule has 2 rings (SSSR count). The lowest BCUT2D eigenvalue weighted by Crippen LogP contribution is -2.19. The first kappa shape index (κ1) is 13.1. The van der Waals surface area contributed by atoms with E-state index in [0.29, 0.717) is 6.04 Å². The predicted molar refractivity (Wildman–Crippen MR) is 74.6 cm³/mol. The summed E-state index contributed by atoms with van der Waals surface area (Å²) in [6.07, 6.45) is 3.77. The maximum absolute atomic E-state index is 5.88. The minimum atomic E-state index is 0.294. The summed E-state index contributed by atoms with van der Waals surface area (Å²) in [5.74, 6) is 0. The smallest absolute Gasteiger partial charge is 0.0948 e. The Morgan fingerprint density at radius 2 is 2.06 bits per heavy atom. The number of aromatic nitrogens is 2. The molecule has 0 saturated carbocycles. The van der Waals surface area contributed by atoms with Gasteiger partial charge in [-0.15, -0.1) is 0 Å². The van der Waals surface area contributed by atoms with Crippen LogP contribution in [0.2, 0.25) is 5.02 Å². The second-order valence-corrected chi connectivity index (χ2v) is 4.76. The Morgan fingerprint density at radius 3 is 2.72 bits per heavy atom. The van der Waals surface area contributed by atoms with Gasteiger partial charge < -0.3 is 9.88 Å². The van der Waals surface area contributed by atoms with Gasteiger partial charge in [0, 0.05) is 30.4 Å². The topological polar surface area (TPSA) is 29.9 Å². The number of aryl methyl sites for hydroxylation is 1. The summed E-state index contributed by atoms with van der Waals surface area (Å²) < 4.78 is 2.14. The molecule has 18 heavy (non-hydrogen) atoms. The molecule has 2 aromatic rings. The third-order valence-corrected chi connectivity index (χ3v) is 3.35. The number of rotatable bonds is 5. The fourth-order valence-electron chi connectivity index (χ4n) is 1.91. The summed E-state index contributed by atoms with van der Waals surface area (Å²) in [5.41, 5.74) is 2.44. The molecular formula is C14H18ClN3. The molecule has 96 valence electrons. The van der Waals surface area contributed by atoms with Crippen LogP contribution in [0, 0.1) is 0 Å². The van der Waals surface area contributed by atoms with Crippen molar-refractivity contribution >= 4 is 11.6 Å². The van der Waals surface area contributed by atoms with E-state index in [2.05, 4.69) is 40.8 Å². The molecule has 0 unspecified atom stereocenters. The summed E-state index contributed by atoms with van der Waals surface area (Å²) in [5, 5.41) is 4.26. The fourth-order valence-corrected chi connectivity index (χ4v) is 2.03. The molecule has 1 atom stereocenters. The molecule has 1 aromatic heterocycles. The maximum Gasteiger partial charge on any atom is 0.0948 e. The second kappa shape index (κ2) is 6.03. The van der Waals surface area contributed by atoms with E-state index in [1.165, 1.54) is 11.3 Å². The minimum absolute atomic E-state index is 0.294. The lowest BCUT2D eigenvalue weighted by Gasteiger charge is -2.15. The number of hydrogen-bond donors (Lipinski definition) is 1. The summed E-state index contributed by atoms with van der Waals surface area (Å²) in [7, 11) is 0. The quantitative estimate of drug-likeness (QED) is 0.896. The second-order valence-electron chi connectivity index (χ2n) is 4.33. The highest BCUT2D eigenvalue weighted by Crippen LogP contribution is 2.16. The third kappa shape index (κ3) is 3.12. The number of benzene rings is 1. The standard InChI is InChI=1S/C14H18ClN3/c1-3-18-10-16-8-14(18)9-17-11(2)12-4-6-13(15)7-5-12/h4-8,10-11,17H,3,9H2,1-2H3/t11-/m0/s1. The molecule has 1 aromatic carbocycles. The van der Waals surface area contributed by atoms with E-state index in [-0.39, 0.29) is 0 Å². The molecule has 0 spiro atoms. The Labute approximate surface area is 113 Å². The van der Waals surface area contributed by atoms with Crippen LogP contribution in [0.3, 0.4) is 0 Å². The van der Waals surface area contributed by atoms with Gasteiger partial charge in [-0.1, -0.05) is 23.7 Å². The molecule has 0 amide bonds. The van der Waals surface area contributed by atoms with Crippen molar-refractivity contribution in [3.63, 3.8) is 0 Å². The zero-order valence-electron chi connectivity index (χ0n) is 10.7. The molecule has 1 heterocycles. The first-order valence-corrected chi connectivity index (χ1v) is 6.56. The summed E-state index contributed by atoms with van der Waals surface area (Å²) in [6.45, 7) is 6.04. The Morgan fingerprint density at radius 1 is 1.33 bits per heavy atom. The Kier molecular flexibility index (Phi) is 4.39. The highest BCUT2D eigenvalue weighted by atomic mass is 35.5. The van der Waals surface area contributed by atoms with E-state index in [9.17, 15) is 0 Å². The Balaban J connectivity index is 1.96. The van der Waals surface area contributed by atoms with Crippen molar-refractivity contribution in [2.45, 2.75) is 33.0 Å². The maximum atomic E-state index is 5.88. The number of nitrogens with one attached hydrogen (secondary N) is 1. The van der Waals surface area contributed by atoms with E-state index >= 15 is 0 Å². The molecule has 0 radical (unpaired) electrons. The largest absolute Gasteiger partial charge is 0.334 e. The van der Waals surface area contributed by atoms with Crippen LogP contribution in [0.25, 0.3) is 0 Å². The number of nitrogens with zero attached hydrogens (tertiary/aromatic N) is 2. The molecule has 0 aliphatic heterocycles. The van der Waals surface area contributed by atoms with Gasteiger partial charge in [-0.3, -0.25) is 0 Å². The van der Waals surface area contributed by atoms with Crippen molar-refractivity contribution in [3.05, 3.63) is 53.1 Å². The molecule has 0 saturated heterocycles. The van der Waals surface area contributed by atoms with E-state index in [1.54, 1.807) is 0 Å². The molecule has 4 heteroatoms. The summed E-state index contributed by atoms with van der Waals surface area (Å²) >= 11 is 5.88. The highest BCUT2D eigenvalue weighted by Gasteiger charge is 2.06. The van der Waals surface area contributed by atoms with Gasteiger partial charge in [-0.05, 0) is 31.5 Å². The molecule has 3 nitrogen and oxygen atoms in total. The fraction of sp³-hybridized carbons (Fsp3) is 0.357. The van der Waals surface area contributed by atoms with Gasteiger partial charge in [-0.25, -0.2) is 4.98 Å². The lowest BCUT2D eigenvalue weighted by molar-refractivity contribution is 0.549. The third-order valence-electron chi connectivity index (χ3n) is 3.10. The Bertz CT molecular complexity index is 490. The summed E-state index contributed by atoms with van der Waals surface area (Å²) in [4.78, 5) is 4.16. The summed E-state index contributed by atoms with van der Waals surface area (Å²) in [6, 6.07) is 8.24. The van der Waals surface area contributed by atoms with Crippen molar-refractivity contribution in [1.82, 2.24) is 14.9 Å². The first-order valence-electron chi connectivity index (χ1n) is 6.18. The average Bonchev–Trinajstić information content (AvgIpc) is 2.84. The van der Waals surface area contributed by atoms with Gasteiger partial charge in [0.25, 0.3) is 0 Å². The van der Waals surface area contributed by atoms with Gasteiger partial charge in [0.05, 0.1) is 12.0 Å². The number of imidazole rings is 1. The average molecular weight is 264 g/mol. The molecule has 1 N–H and O–H groups in total. The van der Waals surface area contributed by atoms with Gasteiger partial charge in [-0.2, -0.15) is 0 Å². The molecule has 0 aliphatic rings. The van der Waals surface area contributed by atoms with Crippen LogP contribution in [-0.4, -0.2) is 9.55 Å². The molecule has 0 fully saturated rings. The van der Waals surface area contributed by atoms with Crippen LogP contribution in [-0.2, 0) is 13.1 Å². The van der Waals surface area contributed by atoms with Crippen LogP contribution >= 0.6 is 11.6 Å². The van der Waals surface area contributed by atoms with Crippen LogP contribution in [0.4, 0.5) is 0 Å². The van der Waals surface area contributed by atoms with Crippen molar-refractivity contribution in [2.24, 2.45) is 0 Å². The van der Waals surface area contributed by atoms with E-state index in [0.717, 1.165) is 18.1 Å². The molecule has 0 bridgehead atoms. The van der Waals surface area contributed by atoms with Crippen LogP contribution in [0.5, 0.6) is 0 Å². The first-order chi connectivity index (χ1) is 8.70. The van der Waals surface area contributed by atoms with Crippen molar-refractivity contribution in [3.8, 4) is 0 Å². The van der Waals surface area contributed by atoms with Crippen LogP contribution in [0.1, 0.15) is 31.1 Å². The zero-order chi connectivity index (χ0) is 13.0.